The lowest BCUT2D eigenvalue weighted by molar-refractivity contribution is -0.00789. The molecule has 21 heavy (non-hydrogen) atoms. The molecule has 116 valence electrons. The number of carbonyl (C=O) groups excluding carboxylic acids is 1. The summed E-state index contributed by atoms with van der Waals surface area (Å²) in [5.41, 5.74) is 4.94. The highest BCUT2D eigenvalue weighted by molar-refractivity contribution is 5.95. The summed E-state index contributed by atoms with van der Waals surface area (Å²) in [6.07, 6.45) is 4.40. The minimum absolute atomic E-state index is 0.0826. The highest BCUT2D eigenvalue weighted by Crippen LogP contribution is 2.33. The summed E-state index contributed by atoms with van der Waals surface area (Å²) in [5.74, 6) is -0.485. The van der Waals surface area contributed by atoms with Crippen LogP contribution in [0.3, 0.4) is 0 Å². The molecule has 0 aliphatic heterocycles. The van der Waals surface area contributed by atoms with E-state index in [-0.39, 0.29) is 12.1 Å². The predicted molar refractivity (Wildman–Crippen MR) is 80.3 cm³/mol. The number of anilines is 1. The van der Waals surface area contributed by atoms with Crippen LogP contribution in [0.2, 0.25) is 0 Å². The molecular formula is C16H23FN2O2. The molecular weight excluding hydrogens is 271 g/mol. The lowest BCUT2D eigenvalue weighted by Gasteiger charge is -2.35. The van der Waals surface area contributed by atoms with Gasteiger partial charge in [-0.1, -0.05) is 13.3 Å². The van der Waals surface area contributed by atoms with Gasteiger partial charge >= 0.3 is 0 Å². The van der Waals surface area contributed by atoms with E-state index in [1.54, 1.807) is 0 Å². The molecule has 2 rings (SSSR count). The van der Waals surface area contributed by atoms with Gasteiger partial charge < -0.3 is 16.2 Å². The van der Waals surface area contributed by atoms with Crippen LogP contribution >= 0.6 is 0 Å². The van der Waals surface area contributed by atoms with Crippen molar-refractivity contribution in [3.8, 4) is 0 Å². The Balaban J connectivity index is 1.93. The van der Waals surface area contributed by atoms with Crippen LogP contribution in [0.1, 0.15) is 49.4 Å². The smallest absolute Gasteiger partial charge is 0.254 e. The zero-order valence-corrected chi connectivity index (χ0v) is 12.4. The van der Waals surface area contributed by atoms with Crippen LogP contribution in [0, 0.1) is 11.7 Å². The van der Waals surface area contributed by atoms with E-state index in [1.807, 2.05) is 0 Å². The molecule has 0 unspecified atom stereocenters. The van der Waals surface area contributed by atoms with Crippen LogP contribution in [-0.2, 0) is 0 Å². The van der Waals surface area contributed by atoms with Crippen LogP contribution in [-0.4, -0.2) is 23.2 Å². The molecule has 0 bridgehead atoms. The lowest BCUT2D eigenvalue weighted by atomic mass is 9.78. The molecule has 1 saturated carbocycles. The standard InChI is InChI=1S/C16H23FN2O2/c1-2-11-5-7-16(21,8-6-11)10-19-15(20)13-9-12(18)3-4-14(13)17/h3-4,9,11,21H,2,5-8,10,18H2,1H3,(H,19,20). The summed E-state index contributed by atoms with van der Waals surface area (Å²) in [4.78, 5) is 12.0. The average Bonchev–Trinajstić information content (AvgIpc) is 2.48. The third kappa shape index (κ3) is 3.94. The fraction of sp³-hybridized carbons (Fsp3) is 0.562. The molecule has 0 saturated heterocycles. The van der Waals surface area contributed by atoms with Crippen molar-refractivity contribution in [2.24, 2.45) is 5.92 Å². The number of hydrogen-bond acceptors (Lipinski definition) is 3. The summed E-state index contributed by atoms with van der Waals surface area (Å²) < 4.78 is 13.6. The van der Waals surface area contributed by atoms with Crippen LogP contribution in [0.5, 0.6) is 0 Å². The summed E-state index contributed by atoms with van der Waals surface area (Å²) in [5, 5.41) is 13.1. The first-order valence-corrected chi connectivity index (χ1v) is 7.49. The summed E-state index contributed by atoms with van der Waals surface area (Å²) in [6.45, 7) is 2.30. The highest BCUT2D eigenvalue weighted by Gasteiger charge is 2.33. The number of nitrogen functional groups attached to an aromatic ring is 1. The highest BCUT2D eigenvalue weighted by atomic mass is 19.1. The number of benzene rings is 1. The third-order valence-electron chi connectivity index (χ3n) is 4.43. The van der Waals surface area contributed by atoms with Crippen molar-refractivity contribution in [1.29, 1.82) is 0 Å². The van der Waals surface area contributed by atoms with Gasteiger partial charge in [0.2, 0.25) is 0 Å². The Morgan fingerprint density at radius 1 is 1.48 bits per heavy atom. The van der Waals surface area contributed by atoms with E-state index in [1.165, 1.54) is 18.2 Å². The van der Waals surface area contributed by atoms with E-state index in [9.17, 15) is 14.3 Å². The van der Waals surface area contributed by atoms with Gasteiger partial charge in [0.25, 0.3) is 5.91 Å². The molecule has 1 aromatic carbocycles. The fourth-order valence-electron chi connectivity index (χ4n) is 2.86. The summed E-state index contributed by atoms with van der Waals surface area (Å²) >= 11 is 0. The molecule has 1 aliphatic carbocycles. The molecule has 0 radical (unpaired) electrons. The Labute approximate surface area is 124 Å². The van der Waals surface area contributed by atoms with Gasteiger partial charge in [-0.3, -0.25) is 4.79 Å². The van der Waals surface area contributed by atoms with Crippen LogP contribution in [0.4, 0.5) is 10.1 Å². The van der Waals surface area contributed by atoms with E-state index < -0.39 is 17.3 Å². The van der Waals surface area contributed by atoms with Crippen molar-refractivity contribution in [2.75, 3.05) is 12.3 Å². The van der Waals surface area contributed by atoms with Gasteiger partial charge in [0.15, 0.2) is 0 Å². The van der Waals surface area contributed by atoms with Gasteiger partial charge in [0.1, 0.15) is 5.82 Å². The second-order valence-corrected chi connectivity index (χ2v) is 6.00. The van der Waals surface area contributed by atoms with Gasteiger partial charge in [-0.05, 0) is 49.8 Å². The molecule has 1 amide bonds. The minimum atomic E-state index is -0.877. The first-order valence-electron chi connectivity index (χ1n) is 7.49. The van der Waals surface area contributed by atoms with E-state index in [4.69, 9.17) is 5.73 Å². The number of hydrogen-bond donors (Lipinski definition) is 3. The van der Waals surface area contributed by atoms with Crippen molar-refractivity contribution >= 4 is 11.6 Å². The molecule has 5 heteroatoms. The van der Waals surface area contributed by atoms with Gasteiger partial charge in [0.05, 0.1) is 11.2 Å². The molecule has 0 spiro atoms. The number of nitrogens with one attached hydrogen (secondary N) is 1. The number of carbonyl (C=O) groups is 1. The van der Waals surface area contributed by atoms with E-state index in [0.717, 1.165) is 19.3 Å². The quantitative estimate of drug-likeness (QED) is 0.747. The van der Waals surface area contributed by atoms with Gasteiger partial charge in [-0.15, -0.1) is 0 Å². The monoisotopic (exact) mass is 294 g/mol. The molecule has 1 aliphatic rings. The maximum absolute atomic E-state index is 13.6. The van der Waals surface area contributed by atoms with Gasteiger partial charge in [-0.25, -0.2) is 4.39 Å². The molecule has 4 N–H and O–H groups in total. The van der Waals surface area contributed by atoms with Crippen molar-refractivity contribution in [2.45, 2.75) is 44.6 Å². The van der Waals surface area contributed by atoms with Crippen LogP contribution < -0.4 is 11.1 Å². The minimum Gasteiger partial charge on any atom is -0.399 e. The number of nitrogens with two attached hydrogens (primary N) is 1. The maximum atomic E-state index is 13.6. The normalized spacial score (nSPS) is 25.6. The van der Waals surface area contributed by atoms with Gasteiger partial charge in [0, 0.05) is 12.2 Å². The molecule has 1 aromatic rings. The van der Waals surface area contributed by atoms with Crippen LogP contribution in [0.25, 0.3) is 0 Å². The van der Waals surface area contributed by atoms with Crippen molar-refractivity contribution in [3.05, 3.63) is 29.6 Å². The third-order valence-corrected chi connectivity index (χ3v) is 4.43. The zero-order valence-electron chi connectivity index (χ0n) is 12.4. The molecule has 0 atom stereocenters. The lowest BCUT2D eigenvalue weighted by Crippen LogP contribution is -2.45. The maximum Gasteiger partial charge on any atom is 0.254 e. The number of amides is 1. The Bertz CT molecular complexity index is 511. The van der Waals surface area contributed by atoms with Crippen molar-refractivity contribution in [3.63, 3.8) is 0 Å². The number of aliphatic hydroxyl groups is 1. The molecule has 0 heterocycles. The fourth-order valence-corrected chi connectivity index (χ4v) is 2.86. The molecule has 4 nitrogen and oxygen atoms in total. The first kappa shape index (κ1) is 15.8. The first-order chi connectivity index (χ1) is 9.93. The number of rotatable bonds is 4. The second-order valence-electron chi connectivity index (χ2n) is 6.00. The molecule has 0 aromatic heterocycles. The van der Waals surface area contributed by atoms with Crippen molar-refractivity contribution in [1.82, 2.24) is 5.32 Å². The van der Waals surface area contributed by atoms with Crippen molar-refractivity contribution < 1.29 is 14.3 Å². The Kier molecular flexibility index (Phi) is 4.83. The summed E-state index contributed by atoms with van der Waals surface area (Å²) in [7, 11) is 0. The Morgan fingerprint density at radius 2 is 2.14 bits per heavy atom. The largest absolute Gasteiger partial charge is 0.399 e. The number of halogens is 1. The van der Waals surface area contributed by atoms with Gasteiger partial charge in [-0.2, -0.15) is 0 Å². The predicted octanol–water partition coefficient (Wildman–Crippen LogP) is 2.47. The topological polar surface area (TPSA) is 75.3 Å². The van der Waals surface area contributed by atoms with Crippen LogP contribution in [0.15, 0.2) is 18.2 Å². The zero-order chi connectivity index (χ0) is 15.5. The summed E-state index contributed by atoms with van der Waals surface area (Å²) in [6, 6.07) is 3.89. The van der Waals surface area contributed by atoms with E-state index >= 15 is 0 Å². The SMILES string of the molecule is CCC1CCC(O)(CNC(=O)c2cc(N)ccc2F)CC1. The van der Waals surface area contributed by atoms with E-state index in [0.29, 0.717) is 24.4 Å². The Morgan fingerprint density at radius 3 is 2.76 bits per heavy atom. The van der Waals surface area contributed by atoms with E-state index in [2.05, 4.69) is 12.2 Å². The second kappa shape index (κ2) is 6.43. The Hall–Kier alpha value is -1.62. The average molecular weight is 294 g/mol. The molecule has 1 fully saturated rings.